The zero-order valence-electron chi connectivity index (χ0n) is 11.2. The minimum Gasteiger partial charge on any atom is -0.508 e. The minimum atomic E-state index is -0.0557. The van der Waals surface area contributed by atoms with E-state index in [-0.39, 0.29) is 11.7 Å². The van der Waals surface area contributed by atoms with Gasteiger partial charge in [-0.05, 0) is 55.9 Å². The number of phenolic OH excluding ortho intramolecular Hbond substituents is 1. The van der Waals surface area contributed by atoms with E-state index in [1.54, 1.807) is 25.1 Å². The average Bonchev–Trinajstić information content (AvgIpc) is 2.39. The van der Waals surface area contributed by atoms with Gasteiger partial charge in [0.15, 0.2) is 0 Å². The maximum atomic E-state index is 12.0. The van der Waals surface area contributed by atoms with Crippen LogP contribution in [0.3, 0.4) is 0 Å². The zero-order valence-corrected chi connectivity index (χ0v) is 12.7. The molecule has 2 rings (SSSR count). The molecule has 0 saturated heterocycles. The minimum absolute atomic E-state index is 0.0557. The van der Waals surface area contributed by atoms with Gasteiger partial charge in [0.25, 0.3) is 5.91 Å². The molecule has 1 aromatic rings. The SMILES string of the molecule is Cc1cc(C(=O)NCC2CCCC(Br)C2)ccc1O. The Morgan fingerprint density at radius 3 is 2.95 bits per heavy atom. The molecule has 1 aromatic carbocycles. The molecule has 1 aliphatic carbocycles. The van der Waals surface area contributed by atoms with Crippen LogP contribution in [-0.2, 0) is 0 Å². The maximum Gasteiger partial charge on any atom is 0.251 e. The second kappa shape index (κ2) is 6.42. The third-order valence-corrected chi connectivity index (χ3v) is 4.56. The quantitative estimate of drug-likeness (QED) is 0.837. The summed E-state index contributed by atoms with van der Waals surface area (Å²) < 4.78 is 0. The molecular weight excluding hydrogens is 306 g/mol. The van der Waals surface area contributed by atoms with Gasteiger partial charge in [-0.3, -0.25) is 4.79 Å². The van der Waals surface area contributed by atoms with Crippen LogP contribution in [0.4, 0.5) is 0 Å². The number of aromatic hydroxyl groups is 1. The molecule has 2 unspecified atom stereocenters. The van der Waals surface area contributed by atoms with Crippen LogP contribution in [0.15, 0.2) is 18.2 Å². The van der Waals surface area contributed by atoms with E-state index >= 15 is 0 Å². The van der Waals surface area contributed by atoms with E-state index in [9.17, 15) is 9.90 Å². The largest absolute Gasteiger partial charge is 0.508 e. The maximum absolute atomic E-state index is 12.0. The predicted octanol–water partition coefficient (Wildman–Crippen LogP) is 3.38. The Balaban J connectivity index is 1.88. The molecule has 2 N–H and O–H groups in total. The molecule has 104 valence electrons. The molecular formula is C15H20BrNO2. The summed E-state index contributed by atoms with van der Waals surface area (Å²) in [6.07, 6.45) is 4.79. The summed E-state index contributed by atoms with van der Waals surface area (Å²) in [6, 6.07) is 4.95. The fraction of sp³-hybridized carbons (Fsp3) is 0.533. The first-order valence-corrected chi connectivity index (χ1v) is 7.69. The van der Waals surface area contributed by atoms with Gasteiger partial charge in [-0.25, -0.2) is 0 Å². The van der Waals surface area contributed by atoms with E-state index in [1.165, 1.54) is 19.3 Å². The van der Waals surface area contributed by atoms with Gasteiger partial charge in [-0.2, -0.15) is 0 Å². The van der Waals surface area contributed by atoms with Crippen LogP contribution in [0.1, 0.15) is 41.6 Å². The Morgan fingerprint density at radius 1 is 1.47 bits per heavy atom. The van der Waals surface area contributed by atoms with Crippen LogP contribution in [0.5, 0.6) is 5.75 Å². The number of aryl methyl sites for hydroxylation is 1. The zero-order chi connectivity index (χ0) is 13.8. The van der Waals surface area contributed by atoms with E-state index < -0.39 is 0 Å². The lowest BCUT2D eigenvalue weighted by molar-refractivity contribution is 0.0944. The van der Waals surface area contributed by atoms with Crippen molar-refractivity contribution < 1.29 is 9.90 Å². The summed E-state index contributed by atoms with van der Waals surface area (Å²) >= 11 is 3.66. The molecule has 0 radical (unpaired) electrons. The molecule has 1 amide bonds. The van der Waals surface area contributed by atoms with Crippen LogP contribution in [0.25, 0.3) is 0 Å². The number of alkyl halides is 1. The van der Waals surface area contributed by atoms with Crippen LogP contribution in [0, 0.1) is 12.8 Å². The van der Waals surface area contributed by atoms with Crippen molar-refractivity contribution in [3.8, 4) is 5.75 Å². The Hall–Kier alpha value is -1.03. The Bertz CT molecular complexity index is 461. The summed E-state index contributed by atoms with van der Waals surface area (Å²) in [7, 11) is 0. The number of rotatable bonds is 3. The summed E-state index contributed by atoms with van der Waals surface area (Å²) in [6.45, 7) is 2.53. The second-order valence-electron chi connectivity index (χ2n) is 5.34. The van der Waals surface area contributed by atoms with Gasteiger partial charge in [-0.1, -0.05) is 22.4 Å². The predicted molar refractivity (Wildman–Crippen MR) is 79.9 cm³/mol. The molecule has 2 atom stereocenters. The molecule has 19 heavy (non-hydrogen) atoms. The van der Waals surface area contributed by atoms with Crippen molar-refractivity contribution >= 4 is 21.8 Å². The number of carbonyl (C=O) groups excluding carboxylic acids is 1. The summed E-state index contributed by atoms with van der Waals surface area (Å²) in [5.74, 6) is 0.742. The first-order chi connectivity index (χ1) is 9.06. The van der Waals surface area contributed by atoms with E-state index in [4.69, 9.17) is 0 Å². The highest BCUT2D eigenvalue weighted by molar-refractivity contribution is 9.09. The average molecular weight is 326 g/mol. The molecule has 0 spiro atoms. The van der Waals surface area contributed by atoms with Crippen molar-refractivity contribution in [3.05, 3.63) is 29.3 Å². The molecule has 0 aromatic heterocycles. The van der Waals surface area contributed by atoms with Crippen LogP contribution in [-0.4, -0.2) is 22.4 Å². The number of nitrogens with one attached hydrogen (secondary N) is 1. The number of hydrogen-bond acceptors (Lipinski definition) is 2. The lowest BCUT2D eigenvalue weighted by atomic mass is 9.89. The fourth-order valence-electron chi connectivity index (χ4n) is 2.55. The van der Waals surface area contributed by atoms with Gasteiger partial charge in [0.05, 0.1) is 0 Å². The van der Waals surface area contributed by atoms with Gasteiger partial charge < -0.3 is 10.4 Å². The topological polar surface area (TPSA) is 49.3 Å². The van der Waals surface area contributed by atoms with E-state index in [1.807, 2.05) is 0 Å². The summed E-state index contributed by atoms with van der Waals surface area (Å²) in [4.78, 5) is 12.6. The Kier molecular flexibility index (Phi) is 4.86. The molecule has 0 aliphatic heterocycles. The highest BCUT2D eigenvalue weighted by Crippen LogP contribution is 2.28. The first kappa shape index (κ1) is 14.4. The number of amides is 1. The molecule has 1 saturated carbocycles. The van der Waals surface area contributed by atoms with Gasteiger partial charge in [-0.15, -0.1) is 0 Å². The smallest absolute Gasteiger partial charge is 0.251 e. The molecule has 4 heteroatoms. The number of carbonyl (C=O) groups is 1. The lowest BCUT2D eigenvalue weighted by Crippen LogP contribution is -2.31. The molecule has 0 heterocycles. The number of hydrogen-bond donors (Lipinski definition) is 2. The van der Waals surface area contributed by atoms with Crippen molar-refractivity contribution in [2.24, 2.45) is 5.92 Å². The van der Waals surface area contributed by atoms with Crippen LogP contribution < -0.4 is 5.32 Å². The third-order valence-electron chi connectivity index (χ3n) is 3.73. The normalized spacial score (nSPS) is 23.1. The van der Waals surface area contributed by atoms with E-state index in [2.05, 4.69) is 21.2 Å². The summed E-state index contributed by atoms with van der Waals surface area (Å²) in [5, 5.41) is 12.4. The number of halogens is 1. The second-order valence-corrected chi connectivity index (χ2v) is 6.64. The van der Waals surface area contributed by atoms with Crippen LogP contribution >= 0.6 is 15.9 Å². The van der Waals surface area contributed by atoms with Gasteiger partial charge >= 0.3 is 0 Å². The van der Waals surface area contributed by atoms with E-state index in [0.717, 1.165) is 18.5 Å². The highest BCUT2D eigenvalue weighted by Gasteiger charge is 2.20. The standard InChI is InChI=1S/C15H20BrNO2/c1-10-7-12(5-6-14(10)18)15(19)17-9-11-3-2-4-13(16)8-11/h5-7,11,13,18H,2-4,8-9H2,1H3,(H,17,19). The van der Waals surface area contributed by atoms with E-state index in [0.29, 0.717) is 16.3 Å². The lowest BCUT2D eigenvalue weighted by Gasteiger charge is -2.25. The molecule has 3 nitrogen and oxygen atoms in total. The molecule has 1 aliphatic rings. The fourth-order valence-corrected chi connectivity index (χ4v) is 3.40. The number of benzene rings is 1. The molecule has 1 fully saturated rings. The van der Waals surface area contributed by atoms with Crippen molar-refractivity contribution in [2.75, 3.05) is 6.54 Å². The monoisotopic (exact) mass is 325 g/mol. The van der Waals surface area contributed by atoms with Gasteiger partial charge in [0.1, 0.15) is 5.75 Å². The van der Waals surface area contributed by atoms with Gasteiger partial charge in [0, 0.05) is 16.9 Å². The first-order valence-electron chi connectivity index (χ1n) is 6.78. The van der Waals surface area contributed by atoms with Crippen molar-refractivity contribution in [1.29, 1.82) is 0 Å². The summed E-state index contributed by atoms with van der Waals surface area (Å²) in [5.41, 5.74) is 1.34. The number of phenols is 1. The Morgan fingerprint density at radius 2 is 2.26 bits per heavy atom. The third kappa shape index (κ3) is 3.96. The van der Waals surface area contributed by atoms with Crippen molar-refractivity contribution in [1.82, 2.24) is 5.32 Å². The molecule has 0 bridgehead atoms. The van der Waals surface area contributed by atoms with Crippen LogP contribution in [0.2, 0.25) is 0 Å². The highest BCUT2D eigenvalue weighted by atomic mass is 79.9. The van der Waals surface area contributed by atoms with Gasteiger partial charge in [0.2, 0.25) is 0 Å². The van der Waals surface area contributed by atoms with Crippen molar-refractivity contribution in [2.45, 2.75) is 37.4 Å². The van der Waals surface area contributed by atoms with Crippen molar-refractivity contribution in [3.63, 3.8) is 0 Å². The Labute approximate surface area is 122 Å².